The van der Waals surface area contributed by atoms with Crippen LogP contribution in [0.3, 0.4) is 0 Å². The van der Waals surface area contributed by atoms with Crippen LogP contribution in [-0.2, 0) is 19.4 Å². The molecule has 1 atom stereocenters. The molecule has 0 bridgehead atoms. The highest BCUT2D eigenvalue weighted by molar-refractivity contribution is 7.90. The Labute approximate surface area is 128 Å². The standard InChI is InChI=1S/C14H17NO6S/c1-22(19,20)11-7-9(14(17)18)6-10(8-11)15-13(16)12-4-2-3-5-21-12/h6-8,12H,2-5H2,1H3,(H,15,16)(H,17,18). The number of hydrogen-bond acceptors (Lipinski definition) is 5. The molecule has 1 aliphatic rings. The number of anilines is 1. The summed E-state index contributed by atoms with van der Waals surface area (Å²) in [6.07, 6.45) is 2.75. The summed E-state index contributed by atoms with van der Waals surface area (Å²) in [5, 5.41) is 11.6. The average molecular weight is 327 g/mol. The number of carboxylic acid groups (broad SMARTS) is 1. The molecule has 0 aromatic heterocycles. The van der Waals surface area contributed by atoms with Crippen LogP contribution < -0.4 is 5.32 Å². The molecule has 1 saturated heterocycles. The van der Waals surface area contributed by atoms with E-state index in [9.17, 15) is 18.0 Å². The van der Waals surface area contributed by atoms with Crippen molar-refractivity contribution in [1.82, 2.24) is 0 Å². The summed E-state index contributed by atoms with van der Waals surface area (Å²) in [6, 6.07) is 3.52. The van der Waals surface area contributed by atoms with Crippen molar-refractivity contribution in [3.05, 3.63) is 23.8 Å². The molecule has 120 valence electrons. The fourth-order valence-electron chi connectivity index (χ4n) is 2.18. The molecule has 0 spiro atoms. The molecule has 1 fully saturated rings. The van der Waals surface area contributed by atoms with Gasteiger partial charge in [-0.25, -0.2) is 13.2 Å². The largest absolute Gasteiger partial charge is 0.478 e. The highest BCUT2D eigenvalue weighted by Gasteiger charge is 2.23. The van der Waals surface area contributed by atoms with E-state index in [-0.39, 0.29) is 16.1 Å². The number of carboxylic acids is 1. The van der Waals surface area contributed by atoms with Gasteiger partial charge in [-0.05, 0) is 37.5 Å². The van der Waals surface area contributed by atoms with Crippen molar-refractivity contribution < 1.29 is 27.9 Å². The van der Waals surface area contributed by atoms with Crippen LogP contribution in [-0.4, -0.2) is 44.4 Å². The second-order valence-corrected chi connectivity index (χ2v) is 7.18. The zero-order valence-electron chi connectivity index (χ0n) is 12.0. The molecule has 0 saturated carbocycles. The second-order valence-electron chi connectivity index (χ2n) is 5.17. The van der Waals surface area contributed by atoms with E-state index in [1.807, 2.05) is 0 Å². The van der Waals surface area contributed by atoms with Crippen LogP contribution in [0.5, 0.6) is 0 Å². The van der Waals surface area contributed by atoms with E-state index in [4.69, 9.17) is 9.84 Å². The summed E-state index contributed by atoms with van der Waals surface area (Å²) in [5.41, 5.74) is -0.0812. The zero-order chi connectivity index (χ0) is 16.3. The number of hydrogen-bond donors (Lipinski definition) is 2. The molecule has 8 heteroatoms. The molecule has 2 N–H and O–H groups in total. The van der Waals surface area contributed by atoms with Crippen molar-refractivity contribution in [1.29, 1.82) is 0 Å². The fourth-order valence-corrected chi connectivity index (χ4v) is 2.86. The lowest BCUT2D eigenvalue weighted by atomic mass is 10.1. The van der Waals surface area contributed by atoms with Crippen molar-refractivity contribution in [3.8, 4) is 0 Å². The lowest BCUT2D eigenvalue weighted by Crippen LogP contribution is -2.33. The number of nitrogens with one attached hydrogen (secondary N) is 1. The predicted molar refractivity (Wildman–Crippen MR) is 78.7 cm³/mol. The highest BCUT2D eigenvalue weighted by Crippen LogP contribution is 2.21. The number of benzene rings is 1. The number of rotatable bonds is 4. The minimum Gasteiger partial charge on any atom is -0.478 e. The Morgan fingerprint density at radius 3 is 2.55 bits per heavy atom. The number of aromatic carboxylic acids is 1. The first-order valence-corrected chi connectivity index (χ1v) is 8.67. The maximum Gasteiger partial charge on any atom is 0.335 e. The first-order chi connectivity index (χ1) is 10.3. The van der Waals surface area contributed by atoms with Gasteiger partial charge in [-0.2, -0.15) is 0 Å². The Hall–Kier alpha value is -1.93. The molecular weight excluding hydrogens is 310 g/mol. The van der Waals surface area contributed by atoms with Crippen LogP contribution in [0.25, 0.3) is 0 Å². The van der Waals surface area contributed by atoms with Crippen LogP contribution in [0, 0.1) is 0 Å². The average Bonchev–Trinajstić information content (AvgIpc) is 2.46. The lowest BCUT2D eigenvalue weighted by molar-refractivity contribution is -0.129. The van der Waals surface area contributed by atoms with Gasteiger partial charge in [-0.3, -0.25) is 4.79 Å². The van der Waals surface area contributed by atoms with E-state index < -0.39 is 27.8 Å². The van der Waals surface area contributed by atoms with Gasteiger partial charge < -0.3 is 15.2 Å². The maximum absolute atomic E-state index is 12.1. The number of ether oxygens (including phenoxy) is 1. The lowest BCUT2D eigenvalue weighted by Gasteiger charge is -2.21. The van der Waals surface area contributed by atoms with E-state index in [1.54, 1.807) is 0 Å². The normalized spacial score (nSPS) is 18.7. The minimum atomic E-state index is -3.59. The van der Waals surface area contributed by atoms with E-state index in [0.29, 0.717) is 13.0 Å². The molecule has 0 aliphatic carbocycles. The van der Waals surface area contributed by atoms with Crippen LogP contribution in [0.1, 0.15) is 29.6 Å². The Kier molecular flexibility index (Phi) is 4.82. The van der Waals surface area contributed by atoms with Gasteiger partial charge in [0.25, 0.3) is 5.91 Å². The SMILES string of the molecule is CS(=O)(=O)c1cc(NC(=O)C2CCCCO2)cc(C(=O)O)c1. The quantitative estimate of drug-likeness (QED) is 0.862. The third kappa shape index (κ3) is 4.05. The Morgan fingerprint density at radius 2 is 2.00 bits per heavy atom. The van der Waals surface area contributed by atoms with Crippen molar-refractivity contribution in [3.63, 3.8) is 0 Å². The molecule has 1 aliphatic heterocycles. The number of sulfone groups is 1. The monoisotopic (exact) mass is 327 g/mol. The molecule has 1 aromatic rings. The molecule has 7 nitrogen and oxygen atoms in total. The number of amides is 1. The van der Waals surface area contributed by atoms with Gasteiger partial charge in [0.15, 0.2) is 9.84 Å². The number of carbonyl (C=O) groups is 2. The molecule has 1 heterocycles. The van der Waals surface area contributed by atoms with Gasteiger partial charge in [0.2, 0.25) is 0 Å². The molecule has 1 aromatic carbocycles. The predicted octanol–water partition coefficient (Wildman–Crippen LogP) is 1.30. The third-order valence-corrected chi connectivity index (χ3v) is 4.41. The van der Waals surface area contributed by atoms with E-state index in [1.165, 1.54) is 12.1 Å². The van der Waals surface area contributed by atoms with Crippen molar-refractivity contribution >= 4 is 27.4 Å². The van der Waals surface area contributed by atoms with Crippen LogP contribution in [0.4, 0.5) is 5.69 Å². The topological polar surface area (TPSA) is 110 Å². The molecular formula is C14H17NO6S. The molecule has 1 amide bonds. The van der Waals surface area contributed by atoms with Gasteiger partial charge in [-0.1, -0.05) is 0 Å². The fraction of sp³-hybridized carbons (Fsp3) is 0.429. The summed E-state index contributed by atoms with van der Waals surface area (Å²) >= 11 is 0. The third-order valence-electron chi connectivity index (χ3n) is 3.32. The summed E-state index contributed by atoms with van der Waals surface area (Å²) in [6.45, 7) is 0.502. The van der Waals surface area contributed by atoms with Crippen molar-refractivity contribution in [2.24, 2.45) is 0 Å². The van der Waals surface area contributed by atoms with Crippen molar-refractivity contribution in [2.75, 3.05) is 18.2 Å². The maximum atomic E-state index is 12.1. The molecule has 0 radical (unpaired) electrons. The Morgan fingerprint density at radius 1 is 1.27 bits per heavy atom. The van der Waals surface area contributed by atoms with E-state index >= 15 is 0 Å². The summed E-state index contributed by atoms with van der Waals surface area (Å²) in [7, 11) is -3.59. The molecule has 22 heavy (non-hydrogen) atoms. The molecule has 1 unspecified atom stereocenters. The summed E-state index contributed by atoms with van der Waals surface area (Å²) in [5.74, 6) is -1.67. The Balaban J connectivity index is 2.27. The van der Waals surface area contributed by atoms with Gasteiger partial charge in [-0.15, -0.1) is 0 Å². The highest BCUT2D eigenvalue weighted by atomic mass is 32.2. The zero-order valence-corrected chi connectivity index (χ0v) is 12.9. The van der Waals surface area contributed by atoms with Gasteiger partial charge in [0.05, 0.1) is 10.5 Å². The summed E-state index contributed by atoms with van der Waals surface area (Å²) < 4.78 is 28.6. The van der Waals surface area contributed by atoms with Crippen LogP contribution in [0.15, 0.2) is 23.1 Å². The van der Waals surface area contributed by atoms with E-state index in [0.717, 1.165) is 25.2 Å². The van der Waals surface area contributed by atoms with Gasteiger partial charge >= 0.3 is 5.97 Å². The van der Waals surface area contributed by atoms with Crippen molar-refractivity contribution in [2.45, 2.75) is 30.3 Å². The van der Waals surface area contributed by atoms with E-state index in [2.05, 4.69) is 5.32 Å². The van der Waals surface area contributed by atoms with Crippen LogP contribution >= 0.6 is 0 Å². The van der Waals surface area contributed by atoms with Crippen LogP contribution in [0.2, 0.25) is 0 Å². The minimum absolute atomic E-state index is 0.125. The smallest absolute Gasteiger partial charge is 0.335 e. The second kappa shape index (κ2) is 6.45. The van der Waals surface area contributed by atoms with Gasteiger partial charge in [0, 0.05) is 18.6 Å². The first-order valence-electron chi connectivity index (χ1n) is 6.78. The summed E-state index contributed by atoms with van der Waals surface area (Å²) in [4.78, 5) is 23.0. The Bertz CT molecular complexity index is 691. The molecule has 2 rings (SSSR count). The van der Waals surface area contributed by atoms with Gasteiger partial charge in [0.1, 0.15) is 6.10 Å². The number of carbonyl (C=O) groups excluding carboxylic acids is 1. The first kappa shape index (κ1) is 16.4.